The average Bonchev–Trinajstić information content (AvgIpc) is 2.42. The van der Waals surface area contributed by atoms with Crippen LogP contribution in [0.25, 0.3) is 0 Å². The Morgan fingerprint density at radius 3 is 2.60 bits per heavy atom. The molecule has 20 heavy (non-hydrogen) atoms. The van der Waals surface area contributed by atoms with Gasteiger partial charge in [-0.1, -0.05) is 29.8 Å². The topological polar surface area (TPSA) is 72.2 Å². The Balaban J connectivity index is 2.43. The van der Waals surface area contributed by atoms with Gasteiger partial charge in [-0.25, -0.2) is 8.42 Å². The molecule has 0 spiro atoms. The molecule has 4 nitrogen and oxygen atoms in total. The number of sulfonamides is 1. The van der Waals surface area contributed by atoms with Gasteiger partial charge in [0, 0.05) is 16.0 Å². The molecule has 106 valence electrons. The van der Waals surface area contributed by atoms with Crippen LogP contribution in [0.3, 0.4) is 0 Å². The fraction of sp³-hybridized carbons (Fsp3) is 0.0769. The van der Waals surface area contributed by atoms with E-state index in [9.17, 15) is 8.42 Å². The molecule has 0 saturated heterocycles. The summed E-state index contributed by atoms with van der Waals surface area (Å²) in [4.78, 5) is 0.161. The number of anilines is 1. The van der Waals surface area contributed by atoms with Crippen molar-refractivity contribution in [2.45, 2.75) is 11.4 Å². The first-order valence-electron chi connectivity index (χ1n) is 5.70. The summed E-state index contributed by atoms with van der Waals surface area (Å²) < 4.78 is 27.9. The predicted octanol–water partition coefficient (Wildman–Crippen LogP) is 3.36. The van der Waals surface area contributed by atoms with Crippen LogP contribution in [0, 0.1) is 0 Å². The number of rotatable bonds is 4. The lowest BCUT2D eigenvalue weighted by Gasteiger charge is -2.12. The summed E-state index contributed by atoms with van der Waals surface area (Å²) in [5, 5.41) is 0.443. The average molecular weight is 376 g/mol. The molecule has 0 saturated carbocycles. The first-order valence-corrected chi connectivity index (χ1v) is 8.35. The van der Waals surface area contributed by atoms with Crippen molar-refractivity contribution in [3.05, 3.63) is 57.5 Å². The van der Waals surface area contributed by atoms with Crippen molar-refractivity contribution >= 4 is 43.2 Å². The highest BCUT2D eigenvalue weighted by Gasteiger charge is 2.18. The van der Waals surface area contributed by atoms with Gasteiger partial charge < -0.3 is 5.73 Å². The lowest BCUT2D eigenvalue weighted by atomic mass is 10.2. The van der Waals surface area contributed by atoms with Crippen LogP contribution in [0.15, 0.2) is 51.8 Å². The Kier molecular flexibility index (Phi) is 4.70. The van der Waals surface area contributed by atoms with Gasteiger partial charge in [-0.15, -0.1) is 0 Å². The van der Waals surface area contributed by atoms with Crippen LogP contribution in [0.4, 0.5) is 5.69 Å². The van der Waals surface area contributed by atoms with Gasteiger partial charge in [-0.05, 0) is 45.8 Å². The smallest absolute Gasteiger partial charge is 0.262 e. The van der Waals surface area contributed by atoms with Crippen molar-refractivity contribution in [1.29, 1.82) is 0 Å². The molecule has 2 aromatic carbocycles. The normalized spacial score (nSPS) is 11.3. The SMILES string of the molecule is NCc1ccccc1S(=O)(=O)Nc1cc(Cl)ccc1Br. The van der Waals surface area contributed by atoms with Crippen molar-refractivity contribution < 1.29 is 8.42 Å². The lowest BCUT2D eigenvalue weighted by Crippen LogP contribution is -2.16. The zero-order chi connectivity index (χ0) is 14.8. The molecule has 0 aliphatic rings. The summed E-state index contributed by atoms with van der Waals surface area (Å²) in [5.74, 6) is 0. The minimum Gasteiger partial charge on any atom is -0.326 e. The predicted molar refractivity (Wildman–Crippen MR) is 84.3 cm³/mol. The third kappa shape index (κ3) is 3.32. The van der Waals surface area contributed by atoms with Crippen molar-refractivity contribution in [3.8, 4) is 0 Å². The molecule has 0 aliphatic carbocycles. The molecule has 0 aromatic heterocycles. The molecule has 2 aromatic rings. The third-order valence-electron chi connectivity index (χ3n) is 2.65. The molecule has 0 amide bonds. The number of benzene rings is 2. The Labute approximate surface area is 131 Å². The van der Waals surface area contributed by atoms with E-state index in [1.54, 1.807) is 30.3 Å². The van der Waals surface area contributed by atoms with Gasteiger partial charge in [0.05, 0.1) is 10.6 Å². The quantitative estimate of drug-likeness (QED) is 0.860. The van der Waals surface area contributed by atoms with Crippen LogP contribution >= 0.6 is 27.5 Å². The number of nitrogens with two attached hydrogens (primary N) is 1. The van der Waals surface area contributed by atoms with Gasteiger partial charge in [0.2, 0.25) is 0 Å². The second kappa shape index (κ2) is 6.13. The van der Waals surface area contributed by atoms with E-state index < -0.39 is 10.0 Å². The van der Waals surface area contributed by atoms with Gasteiger partial charge in [0.1, 0.15) is 0 Å². The highest BCUT2D eigenvalue weighted by atomic mass is 79.9. The maximum absolute atomic E-state index is 12.4. The molecule has 2 rings (SSSR count). The summed E-state index contributed by atoms with van der Waals surface area (Å²) in [6.07, 6.45) is 0. The van der Waals surface area contributed by atoms with E-state index in [-0.39, 0.29) is 11.4 Å². The van der Waals surface area contributed by atoms with Crippen molar-refractivity contribution in [2.24, 2.45) is 5.73 Å². The van der Waals surface area contributed by atoms with Gasteiger partial charge in [-0.3, -0.25) is 4.72 Å². The Hall–Kier alpha value is -1.08. The second-order valence-electron chi connectivity index (χ2n) is 4.04. The number of hydrogen-bond acceptors (Lipinski definition) is 3. The molecule has 7 heteroatoms. The molecule has 0 unspecified atom stereocenters. The second-order valence-corrected chi connectivity index (χ2v) is 6.98. The molecular formula is C13H12BrClN2O2S. The lowest BCUT2D eigenvalue weighted by molar-refractivity contribution is 0.600. The third-order valence-corrected chi connectivity index (χ3v) is 5.05. The number of hydrogen-bond donors (Lipinski definition) is 2. The number of nitrogens with one attached hydrogen (secondary N) is 1. The molecule has 0 fully saturated rings. The molecule has 0 aliphatic heterocycles. The summed E-state index contributed by atoms with van der Waals surface area (Å²) in [7, 11) is -3.71. The minimum absolute atomic E-state index is 0.147. The summed E-state index contributed by atoms with van der Waals surface area (Å²) in [6.45, 7) is 0.147. The fourth-order valence-electron chi connectivity index (χ4n) is 1.71. The van der Waals surface area contributed by atoms with Crippen LogP contribution in [-0.2, 0) is 16.6 Å². The molecule has 0 radical (unpaired) electrons. The fourth-order valence-corrected chi connectivity index (χ4v) is 3.68. The van der Waals surface area contributed by atoms with Crippen LogP contribution in [0.1, 0.15) is 5.56 Å². The van der Waals surface area contributed by atoms with E-state index in [4.69, 9.17) is 17.3 Å². The van der Waals surface area contributed by atoms with Gasteiger partial charge in [-0.2, -0.15) is 0 Å². The molecule has 0 heterocycles. The maximum Gasteiger partial charge on any atom is 0.262 e. The van der Waals surface area contributed by atoms with Crippen molar-refractivity contribution in [3.63, 3.8) is 0 Å². The summed E-state index contributed by atoms with van der Waals surface area (Å²) >= 11 is 9.16. The van der Waals surface area contributed by atoms with Gasteiger partial charge in [0.15, 0.2) is 0 Å². The highest BCUT2D eigenvalue weighted by Crippen LogP contribution is 2.28. The van der Waals surface area contributed by atoms with E-state index in [0.717, 1.165) is 0 Å². The Morgan fingerprint density at radius 1 is 1.20 bits per heavy atom. The summed E-state index contributed by atoms with van der Waals surface area (Å²) in [6, 6.07) is 11.5. The van der Waals surface area contributed by atoms with Crippen LogP contribution in [-0.4, -0.2) is 8.42 Å². The minimum atomic E-state index is -3.71. The Morgan fingerprint density at radius 2 is 1.90 bits per heavy atom. The van der Waals surface area contributed by atoms with Gasteiger partial charge in [0.25, 0.3) is 10.0 Å². The van der Waals surface area contributed by atoms with Gasteiger partial charge >= 0.3 is 0 Å². The first kappa shape index (κ1) is 15.3. The van der Waals surface area contributed by atoms with E-state index in [0.29, 0.717) is 20.7 Å². The van der Waals surface area contributed by atoms with Crippen LogP contribution < -0.4 is 10.5 Å². The zero-order valence-corrected chi connectivity index (χ0v) is 13.5. The highest BCUT2D eigenvalue weighted by molar-refractivity contribution is 9.10. The van der Waals surface area contributed by atoms with Crippen molar-refractivity contribution in [2.75, 3.05) is 4.72 Å². The van der Waals surface area contributed by atoms with Crippen molar-refractivity contribution in [1.82, 2.24) is 0 Å². The van der Waals surface area contributed by atoms with Crippen LogP contribution in [0.5, 0.6) is 0 Å². The first-order chi connectivity index (χ1) is 9.44. The number of halogens is 2. The van der Waals surface area contributed by atoms with E-state index in [1.807, 2.05) is 0 Å². The zero-order valence-electron chi connectivity index (χ0n) is 10.3. The maximum atomic E-state index is 12.4. The molecular weight excluding hydrogens is 364 g/mol. The standard InChI is InChI=1S/C13H12BrClN2O2S/c14-11-6-5-10(15)7-12(11)17-20(18,19)13-4-2-1-3-9(13)8-16/h1-7,17H,8,16H2. The van der Waals surface area contributed by atoms with E-state index >= 15 is 0 Å². The molecule has 3 N–H and O–H groups in total. The molecule has 0 bridgehead atoms. The Bertz CT molecular complexity index is 735. The largest absolute Gasteiger partial charge is 0.326 e. The monoisotopic (exact) mass is 374 g/mol. The van der Waals surface area contributed by atoms with Crippen LogP contribution in [0.2, 0.25) is 5.02 Å². The molecule has 0 atom stereocenters. The van der Waals surface area contributed by atoms with E-state index in [2.05, 4.69) is 20.7 Å². The van der Waals surface area contributed by atoms with E-state index in [1.165, 1.54) is 12.1 Å². The summed E-state index contributed by atoms with van der Waals surface area (Å²) in [5.41, 5.74) is 6.50.